The van der Waals surface area contributed by atoms with E-state index in [1.807, 2.05) is 54.8 Å². The van der Waals surface area contributed by atoms with Gasteiger partial charge in [-0.3, -0.25) is 0 Å². The predicted molar refractivity (Wildman–Crippen MR) is 129 cm³/mol. The minimum atomic E-state index is -1.90. The molecule has 1 N–H and O–H groups in total. The highest BCUT2D eigenvalue weighted by Gasteiger charge is 2.48. The van der Waals surface area contributed by atoms with Crippen LogP contribution in [-0.4, -0.2) is 33.2 Å². The lowest BCUT2D eigenvalue weighted by atomic mass is 9.88. The number of aromatic nitrogens is 2. The standard InChI is InChI=1S/C25H20N2O4S2/c1-30-22-6-4-3-5-15(22)13-19-23(16-7-12-20-21(14-16)27-33-26-20)24(28)31-25(19,29)17-8-10-18(32-2)11-9-17/h3-12,14,29H,13H2,1-2H3. The van der Waals surface area contributed by atoms with Crippen molar-refractivity contribution < 1.29 is 19.4 Å². The van der Waals surface area contributed by atoms with E-state index in [2.05, 4.69) is 8.75 Å². The Labute approximate surface area is 199 Å². The molecule has 33 heavy (non-hydrogen) atoms. The van der Waals surface area contributed by atoms with Gasteiger partial charge in [-0.05, 0) is 47.7 Å². The van der Waals surface area contributed by atoms with Crippen molar-refractivity contribution in [3.05, 3.63) is 89.0 Å². The fourth-order valence-corrected chi connectivity index (χ4v) is 4.99. The summed E-state index contributed by atoms with van der Waals surface area (Å²) in [5.74, 6) is -1.82. The lowest BCUT2D eigenvalue weighted by Gasteiger charge is -2.26. The average Bonchev–Trinajstić information content (AvgIpc) is 3.41. The van der Waals surface area contributed by atoms with Crippen molar-refractivity contribution in [3.63, 3.8) is 0 Å². The van der Waals surface area contributed by atoms with Gasteiger partial charge in [0.05, 0.1) is 24.4 Å². The molecule has 4 aromatic rings. The highest BCUT2D eigenvalue weighted by Crippen LogP contribution is 2.45. The fraction of sp³-hybridized carbons (Fsp3) is 0.160. The summed E-state index contributed by atoms with van der Waals surface area (Å²) < 4.78 is 19.7. The van der Waals surface area contributed by atoms with Crippen LogP contribution in [0.5, 0.6) is 5.75 Å². The number of ether oxygens (including phenoxy) is 2. The number of rotatable bonds is 6. The van der Waals surface area contributed by atoms with Crippen LogP contribution in [0, 0.1) is 0 Å². The van der Waals surface area contributed by atoms with Gasteiger partial charge in [0.2, 0.25) is 0 Å². The van der Waals surface area contributed by atoms with Crippen LogP contribution < -0.4 is 4.74 Å². The van der Waals surface area contributed by atoms with E-state index in [1.165, 1.54) is 0 Å². The molecule has 5 rings (SSSR count). The van der Waals surface area contributed by atoms with Gasteiger partial charge in [0.1, 0.15) is 16.8 Å². The monoisotopic (exact) mass is 476 g/mol. The molecule has 0 fully saturated rings. The molecule has 1 aromatic heterocycles. The van der Waals surface area contributed by atoms with E-state index in [0.29, 0.717) is 33.5 Å². The number of thioether (sulfide) groups is 1. The third kappa shape index (κ3) is 3.80. The number of esters is 1. The third-order valence-electron chi connectivity index (χ3n) is 5.74. The fourth-order valence-electron chi connectivity index (χ4n) is 4.07. The lowest BCUT2D eigenvalue weighted by Crippen LogP contribution is -2.29. The number of nitrogens with zero attached hydrogens (tertiary/aromatic N) is 2. The van der Waals surface area contributed by atoms with Crippen LogP contribution in [0.15, 0.2) is 77.2 Å². The number of carbonyl (C=O) groups excluding carboxylic acids is 1. The molecule has 1 aliphatic rings. The van der Waals surface area contributed by atoms with Crippen LogP contribution in [0.3, 0.4) is 0 Å². The summed E-state index contributed by atoms with van der Waals surface area (Å²) in [5, 5.41) is 11.8. The van der Waals surface area contributed by atoms with Gasteiger partial charge in [0.25, 0.3) is 5.79 Å². The molecule has 1 unspecified atom stereocenters. The van der Waals surface area contributed by atoms with Gasteiger partial charge in [-0.2, -0.15) is 8.75 Å². The molecule has 0 amide bonds. The summed E-state index contributed by atoms with van der Waals surface area (Å²) in [5.41, 5.74) is 4.18. The Balaban J connectivity index is 1.71. The van der Waals surface area contributed by atoms with Gasteiger partial charge in [-0.1, -0.05) is 36.4 Å². The second kappa shape index (κ2) is 8.62. The molecule has 0 bridgehead atoms. The highest BCUT2D eigenvalue weighted by molar-refractivity contribution is 7.98. The van der Waals surface area contributed by atoms with Crippen LogP contribution >= 0.6 is 23.5 Å². The van der Waals surface area contributed by atoms with E-state index in [9.17, 15) is 9.90 Å². The maximum Gasteiger partial charge on any atom is 0.342 e. The Morgan fingerprint density at radius 2 is 1.82 bits per heavy atom. The van der Waals surface area contributed by atoms with Crippen molar-refractivity contribution in [2.24, 2.45) is 0 Å². The molecule has 2 heterocycles. The SMILES string of the molecule is COc1ccccc1CC1=C(c2ccc3nsnc3c2)C(=O)OC1(O)c1ccc(SC)cc1. The second-order valence-electron chi connectivity index (χ2n) is 7.57. The van der Waals surface area contributed by atoms with Gasteiger partial charge in [-0.15, -0.1) is 11.8 Å². The zero-order valence-corrected chi connectivity index (χ0v) is 19.6. The maximum atomic E-state index is 13.2. The van der Waals surface area contributed by atoms with Crippen molar-refractivity contribution in [2.75, 3.05) is 13.4 Å². The van der Waals surface area contributed by atoms with E-state index >= 15 is 0 Å². The number of carbonyl (C=O) groups is 1. The van der Waals surface area contributed by atoms with Crippen LogP contribution in [0.1, 0.15) is 16.7 Å². The number of para-hydroxylation sites is 1. The smallest absolute Gasteiger partial charge is 0.342 e. The third-order valence-corrected chi connectivity index (χ3v) is 7.04. The maximum absolute atomic E-state index is 13.2. The molecule has 8 heteroatoms. The van der Waals surface area contributed by atoms with Gasteiger partial charge in [-0.25, -0.2) is 4.79 Å². The van der Waals surface area contributed by atoms with Crippen molar-refractivity contribution in [2.45, 2.75) is 17.1 Å². The Bertz CT molecular complexity index is 1380. The average molecular weight is 477 g/mol. The van der Waals surface area contributed by atoms with Gasteiger partial charge < -0.3 is 14.6 Å². The molecule has 166 valence electrons. The number of hydrogen-bond acceptors (Lipinski definition) is 8. The normalized spacial score (nSPS) is 18.1. The summed E-state index contributed by atoms with van der Waals surface area (Å²) in [6.45, 7) is 0. The van der Waals surface area contributed by atoms with Gasteiger partial charge in [0, 0.05) is 22.5 Å². The quantitative estimate of drug-likeness (QED) is 0.316. The van der Waals surface area contributed by atoms with E-state index in [4.69, 9.17) is 9.47 Å². The number of cyclic esters (lactones) is 1. The number of hydrogen-bond donors (Lipinski definition) is 1. The molecule has 1 aliphatic heterocycles. The molecule has 0 radical (unpaired) electrons. The zero-order valence-electron chi connectivity index (χ0n) is 17.9. The molecular formula is C25H20N2O4S2. The summed E-state index contributed by atoms with van der Waals surface area (Å²) in [6, 6.07) is 20.4. The van der Waals surface area contributed by atoms with Crippen LogP contribution in [0.4, 0.5) is 0 Å². The second-order valence-corrected chi connectivity index (χ2v) is 8.98. The Morgan fingerprint density at radius 1 is 1.06 bits per heavy atom. The van der Waals surface area contributed by atoms with Crippen molar-refractivity contribution in [1.29, 1.82) is 0 Å². The Kier molecular flexibility index (Phi) is 5.65. The molecule has 1 atom stereocenters. The van der Waals surface area contributed by atoms with E-state index in [0.717, 1.165) is 27.7 Å². The molecule has 0 saturated carbocycles. The first-order chi connectivity index (χ1) is 16.0. The van der Waals surface area contributed by atoms with E-state index < -0.39 is 11.8 Å². The Morgan fingerprint density at radius 3 is 2.58 bits per heavy atom. The number of methoxy groups -OCH3 is 1. The summed E-state index contributed by atoms with van der Waals surface area (Å²) in [4.78, 5) is 14.3. The first-order valence-corrected chi connectivity index (χ1v) is 12.2. The number of benzene rings is 3. The van der Waals surface area contributed by atoms with Crippen LogP contribution in [-0.2, 0) is 21.7 Å². The van der Waals surface area contributed by atoms with Gasteiger partial charge in [0.15, 0.2) is 0 Å². The van der Waals surface area contributed by atoms with Crippen molar-refractivity contribution >= 4 is 46.1 Å². The molecule has 0 aliphatic carbocycles. The zero-order chi connectivity index (χ0) is 23.0. The first-order valence-electron chi connectivity index (χ1n) is 10.2. The summed E-state index contributed by atoms with van der Waals surface area (Å²) in [6.07, 6.45) is 2.24. The van der Waals surface area contributed by atoms with E-state index in [-0.39, 0.29) is 6.42 Å². The minimum absolute atomic E-state index is 0.263. The molecule has 0 spiro atoms. The number of aliphatic hydroxyl groups is 1. The van der Waals surface area contributed by atoms with Crippen molar-refractivity contribution in [3.8, 4) is 5.75 Å². The lowest BCUT2D eigenvalue weighted by molar-refractivity contribution is -0.185. The van der Waals surface area contributed by atoms with Gasteiger partial charge >= 0.3 is 5.97 Å². The first kappa shape index (κ1) is 21.6. The van der Waals surface area contributed by atoms with Crippen LogP contribution in [0.25, 0.3) is 16.6 Å². The highest BCUT2D eigenvalue weighted by atomic mass is 32.2. The molecular weight excluding hydrogens is 456 g/mol. The molecule has 3 aromatic carbocycles. The van der Waals surface area contributed by atoms with Crippen molar-refractivity contribution in [1.82, 2.24) is 8.75 Å². The van der Waals surface area contributed by atoms with E-state index in [1.54, 1.807) is 37.1 Å². The topological polar surface area (TPSA) is 81.5 Å². The Hall–Kier alpha value is -3.20. The van der Waals surface area contributed by atoms with Crippen LogP contribution in [0.2, 0.25) is 0 Å². The largest absolute Gasteiger partial charge is 0.496 e. The summed E-state index contributed by atoms with van der Waals surface area (Å²) >= 11 is 2.71. The molecule has 6 nitrogen and oxygen atoms in total. The predicted octanol–water partition coefficient (Wildman–Crippen LogP) is 4.82. The molecule has 0 saturated heterocycles. The number of fused-ring (bicyclic) bond motifs is 1. The minimum Gasteiger partial charge on any atom is -0.496 e. The summed E-state index contributed by atoms with van der Waals surface area (Å²) in [7, 11) is 1.60.